The molecule has 128 valence electrons. The van der Waals surface area contributed by atoms with E-state index in [1.165, 1.54) is 0 Å². The molecule has 0 aliphatic heterocycles. The van der Waals surface area contributed by atoms with Crippen LogP contribution in [0.1, 0.15) is 12.5 Å². The fourth-order valence-corrected chi connectivity index (χ4v) is 2.54. The highest BCUT2D eigenvalue weighted by atomic mass is 16.5. The molecule has 1 unspecified atom stereocenters. The summed E-state index contributed by atoms with van der Waals surface area (Å²) in [5, 5.41) is 11.8. The number of carbonyl (C=O) groups is 1. The molecule has 0 saturated heterocycles. The Morgan fingerprint density at radius 3 is 2.23 bits per heavy atom. The summed E-state index contributed by atoms with van der Waals surface area (Å²) in [5.74, 6) is 0.306. The number of ether oxygens (including phenoxy) is 1. The molecule has 3 rings (SSSR count). The molecule has 1 amide bonds. The van der Waals surface area contributed by atoms with Gasteiger partial charge in [0.2, 0.25) is 0 Å². The van der Waals surface area contributed by atoms with E-state index in [4.69, 9.17) is 10.00 Å². The Hall–Kier alpha value is -3.58. The first-order valence-electron chi connectivity index (χ1n) is 8.29. The van der Waals surface area contributed by atoms with Crippen LogP contribution in [0, 0.1) is 11.3 Å². The lowest BCUT2D eigenvalue weighted by molar-refractivity contribution is -0.122. The molecule has 0 heterocycles. The van der Waals surface area contributed by atoms with Crippen molar-refractivity contribution >= 4 is 11.6 Å². The van der Waals surface area contributed by atoms with Gasteiger partial charge in [0.15, 0.2) is 6.10 Å². The molecule has 1 N–H and O–H groups in total. The molecule has 3 aromatic carbocycles. The topological polar surface area (TPSA) is 62.1 Å². The standard InChI is InChI=1S/C22H18N2O2/c1-16(22(25)24-21-10-6-5-9-19(21)15-23)26-20-13-11-18(12-14-20)17-7-3-2-4-8-17/h2-14,16H,1H3,(H,24,25). The molecule has 0 aliphatic carbocycles. The van der Waals surface area contributed by atoms with E-state index in [9.17, 15) is 4.79 Å². The van der Waals surface area contributed by atoms with Gasteiger partial charge >= 0.3 is 0 Å². The van der Waals surface area contributed by atoms with Gasteiger partial charge in [-0.1, -0.05) is 54.6 Å². The highest BCUT2D eigenvalue weighted by Crippen LogP contribution is 2.23. The van der Waals surface area contributed by atoms with Crippen LogP contribution in [0.25, 0.3) is 11.1 Å². The van der Waals surface area contributed by atoms with Crippen molar-refractivity contribution in [1.82, 2.24) is 0 Å². The fraction of sp³-hybridized carbons (Fsp3) is 0.0909. The summed E-state index contributed by atoms with van der Waals surface area (Å²) >= 11 is 0. The minimum atomic E-state index is -0.690. The molecule has 0 radical (unpaired) electrons. The van der Waals surface area contributed by atoms with Crippen molar-refractivity contribution in [3.05, 3.63) is 84.4 Å². The zero-order valence-electron chi connectivity index (χ0n) is 14.3. The predicted octanol–water partition coefficient (Wildman–Crippen LogP) is 4.63. The molecule has 1 atom stereocenters. The van der Waals surface area contributed by atoms with Gasteiger partial charge in [0.05, 0.1) is 11.3 Å². The Kier molecular flexibility index (Phi) is 5.31. The zero-order valence-corrected chi connectivity index (χ0v) is 14.3. The van der Waals surface area contributed by atoms with Gasteiger partial charge in [0, 0.05) is 0 Å². The van der Waals surface area contributed by atoms with Crippen LogP contribution in [-0.4, -0.2) is 12.0 Å². The van der Waals surface area contributed by atoms with Gasteiger partial charge in [-0.2, -0.15) is 5.26 Å². The van der Waals surface area contributed by atoms with Crippen molar-refractivity contribution in [2.45, 2.75) is 13.0 Å². The number of anilines is 1. The van der Waals surface area contributed by atoms with Crippen molar-refractivity contribution in [1.29, 1.82) is 5.26 Å². The van der Waals surface area contributed by atoms with Crippen molar-refractivity contribution < 1.29 is 9.53 Å². The molecule has 0 saturated carbocycles. The summed E-state index contributed by atoms with van der Waals surface area (Å²) in [4.78, 5) is 12.3. The maximum absolute atomic E-state index is 12.3. The Balaban J connectivity index is 1.65. The summed E-state index contributed by atoms with van der Waals surface area (Å²) in [6.45, 7) is 1.68. The number of benzene rings is 3. The van der Waals surface area contributed by atoms with E-state index in [1.807, 2.05) is 54.6 Å². The molecular weight excluding hydrogens is 324 g/mol. The maximum Gasteiger partial charge on any atom is 0.265 e. The third-order valence-corrected chi connectivity index (χ3v) is 3.95. The SMILES string of the molecule is CC(Oc1ccc(-c2ccccc2)cc1)C(=O)Nc1ccccc1C#N. The first-order valence-corrected chi connectivity index (χ1v) is 8.29. The lowest BCUT2D eigenvalue weighted by atomic mass is 10.1. The van der Waals surface area contributed by atoms with Gasteiger partial charge in [-0.3, -0.25) is 4.79 Å². The number of para-hydroxylation sites is 1. The molecule has 26 heavy (non-hydrogen) atoms. The summed E-state index contributed by atoms with van der Waals surface area (Å²) in [6, 6.07) is 26.6. The minimum Gasteiger partial charge on any atom is -0.481 e. The monoisotopic (exact) mass is 342 g/mol. The summed E-state index contributed by atoms with van der Waals surface area (Å²) in [6.07, 6.45) is -0.690. The first-order chi connectivity index (χ1) is 12.7. The van der Waals surface area contributed by atoms with Gasteiger partial charge in [-0.15, -0.1) is 0 Å². The van der Waals surface area contributed by atoms with Crippen LogP contribution in [0.4, 0.5) is 5.69 Å². The van der Waals surface area contributed by atoms with Crippen LogP contribution >= 0.6 is 0 Å². The molecule has 0 fully saturated rings. The number of nitrogens with zero attached hydrogens (tertiary/aromatic N) is 1. The van der Waals surface area contributed by atoms with E-state index in [0.29, 0.717) is 17.0 Å². The van der Waals surface area contributed by atoms with Crippen molar-refractivity contribution in [3.63, 3.8) is 0 Å². The summed E-state index contributed by atoms with van der Waals surface area (Å²) in [5.41, 5.74) is 3.10. The number of amides is 1. The van der Waals surface area contributed by atoms with Crippen LogP contribution in [0.2, 0.25) is 0 Å². The highest BCUT2D eigenvalue weighted by Gasteiger charge is 2.16. The van der Waals surface area contributed by atoms with E-state index in [0.717, 1.165) is 11.1 Å². The Labute approximate surface area is 152 Å². The van der Waals surface area contributed by atoms with E-state index in [2.05, 4.69) is 11.4 Å². The second-order valence-corrected chi connectivity index (χ2v) is 5.80. The number of hydrogen-bond acceptors (Lipinski definition) is 3. The molecular formula is C22H18N2O2. The number of hydrogen-bond donors (Lipinski definition) is 1. The van der Waals surface area contributed by atoms with Crippen LogP contribution in [-0.2, 0) is 4.79 Å². The lowest BCUT2D eigenvalue weighted by Gasteiger charge is -2.15. The van der Waals surface area contributed by atoms with E-state index in [-0.39, 0.29) is 5.91 Å². The smallest absolute Gasteiger partial charge is 0.265 e. The normalized spacial score (nSPS) is 11.2. The second-order valence-electron chi connectivity index (χ2n) is 5.80. The predicted molar refractivity (Wildman–Crippen MR) is 102 cm³/mol. The van der Waals surface area contributed by atoms with E-state index >= 15 is 0 Å². The average molecular weight is 342 g/mol. The third-order valence-electron chi connectivity index (χ3n) is 3.95. The number of nitrogens with one attached hydrogen (secondary N) is 1. The minimum absolute atomic E-state index is 0.306. The number of nitriles is 1. The lowest BCUT2D eigenvalue weighted by Crippen LogP contribution is -2.30. The Morgan fingerprint density at radius 2 is 1.54 bits per heavy atom. The van der Waals surface area contributed by atoms with E-state index in [1.54, 1.807) is 31.2 Å². The quantitative estimate of drug-likeness (QED) is 0.735. The van der Waals surface area contributed by atoms with Gasteiger partial charge in [0.1, 0.15) is 11.8 Å². The van der Waals surface area contributed by atoms with Crippen LogP contribution < -0.4 is 10.1 Å². The Bertz CT molecular complexity index is 928. The third kappa shape index (κ3) is 4.08. The average Bonchev–Trinajstić information content (AvgIpc) is 2.69. The van der Waals surface area contributed by atoms with Crippen LogP contribution in [0.3, 0.4) is 0 Å². The molecule has 0 spiro atoms. The number of rotatable bonds is 5. The van der Waals surface area contributed by atoms with Gasteiger partial charge in [0.25, 0.3) is 5.91 Å². The zero-order chi connectivity index (χ0) is 18.4. The molecule has 4 heteroatoms. The second kappa shape index (κ2) is 8.00. The fourth-order valence-electron chi connectivity index (χ4n) is 2.54. The van der Waals surface area contributed by atoms with Gasteiger partial charge < -0.3 is 10.1 Å². The van der Waals surface area contributed by atoms with Crippen LogP contribution in [0.5, 0.6) is 5.75 Å². The largest absolute Gasteiger partial charge is 0.481 e. The maximum atomic E-state index is 12.3. The van der Waals surface area contributed by atoms with Crippen molar-refractivity contribution in [2.24, 2.45) is 0 Å². The van der Waals surface area contributed by atoms with E-state index < -0.39 is 6.10 Å². The summed E-state index contributed by atoms with van der Waals surface area (Å²) < 4.78 is 5.72. The van der Waals surface area contributed by atoms with Gasteiger partial charge in [-0.25, -0.2) is 0 Å². The van der Waals surface area contributed by atoms with Crippen LogP contribution in [0.15, 0.2) is 78.9 Å². The molecule has 0 bridgehead atoms. The molecule has 0 aliphatic rings. The summed E-state index contributed by atoms with van der Waals surface area (Å²) in [7, 11) is 0. The van der Waals surface area contributed by atoms with Gasteiger partial charge in [-0.05, 0) is 42.3 Å². The van der Waals surface area contributed by atoms with Crippen molar-refractivity contribution in [3.8, 4) is 22.9 Å². The molecule has 0 aromatic heterocycles. The number of carbonyl (C=O) groups excluding carboxylic acids is 1. The molecule has 3 aromatic rings. The molecule has 4 nitrogen and oxygen atoms in total. The van der Waals surface area contributed by atoms with Crippen molar-refractivity contribution in [2.75, 3.05) is 5.32 Å². The Morgan fingerprint density at radius 1 is 0.923 bits per heavy atom. The first kappa shape index (κ1) is 17.2. The highest BCUT2D eigenvalue weighted by molar-refractivity contribution is 5.95.